The van der Waals surface area contributed by atoms with E-state index in [1.54, 1.807) is 13.1 Å². The van der Waals surface area contributed by atoms with Gasteiger partial charge in [0.15, 0.2) is 0 Å². The Morgan fingerprint density at radius 3 is 3.06 bits per heavy atom. The van der Waals surface area contributed by atoms with E-state index in [4.69, 9.17) is 5.73 Å². The van der Waals surface area contributed by atoms with Crippen molar-refractivity contribution in [3.05, 3.63) is 36.4 Å². The first-order valence-electron chi connectivity index (χ1n) is 5.33. The molecule has 0 amide bonds. The molecule has 0 aromatic carbocycles. The monoisotopic (exact) mass is 233 g/mol. The molecule has 0 aliphatic carbocycles. The van der Waals surface area contributed by atoms with Gasteiger partial charge in [-0.1, -0.05) is 6.07 Å². The minimum absolute atomic E-state index is 0.331. The van der Waals surface area contributed by atoms with Crippen molar-refractivity contribution in [2.75, 3.05) is 7.11 Å². The van der Waals surface area contributed by atoms with Crippen LogP contribution in [0.4, 0.5) is 0 Å². The lowest BCUT2D eigenvalue weighted by atomic mass is 9.99. The number of carbonyl (C=O) groups excluding carboxylic acids is 1. The van der Waals surface area contributed by atoms with Crippen LogP contribution >= 0.6 is 0 Å². The number of hydrogen-bond acceptors (Lipinski definition) is 4. The summed E-state index contributed by atoms with van der Waals surface area (Å²) in [5, 5.41) is 0. The lowest BCUT2D eigenvalue weighted by Gasteiger charge is -2.20. The molecule has 2 aromatic heterocycles. The van der Waals surface area contributed by atoms with E-state index in [0.29, 0.717) is 6.42 Å². The molecule has 2 N–H and O–H groups in total. The first-order chi connectivity index (χ1) is 8.04. The first-order valence-corrected chi connectivity index (χ1v) is 5.33. The van der Waals surface area contributed by atoms with Gasteiger partial charge in [0.2, 0.25) is 0 Å². The Morgan fingerprint density at radius 1 is 1.59 bits per heavy atom. The molecular formula is C12H15N3O2. The Bertz CT molecular complexity index is 545. The second kappa shape index (κ2) is 4.18. The van der Waals surface area contributed by atoms with Crippen LogP contribution in [0, 0.1) is 0 Å². The molecule has 2 heterocycles. The number of nitrogens with zero attached hydrogens (tertiary/aromatic N) is 2. The summed E-state index contributed by atoms with van der Waals surface area (Å²) >= 11 is 0. The van der Waals surface area contributed by atoms with Gasteiger partial charge in [0.05, 0.1) is 18.8 Å². The molecular weight excluding hydrogens is 218 g/mol. The maximum absolute atomic E-state index is 11.5. The normalized spacial score (nSPS) is 14.5. The fourth-order valence-electron chi connectivity index (χ4n) is 1.76. The largest absolute Gasteiger partial charge is 0.468 e. The number of carbonyl (C=O) groups is 1. The van der Waals surface area contributed by atoms with Gasteiger partial charge in [-0.2, -0.15) is 0 Å². The summed E-state index contributed by atoms with van der Waals surface area (Å²) in [6, 6.07) is 5.79. The van der Waals surface area contributed by atoms with Gasteiger partial charge < -0.3 is 14.9 Å². The van der Waals surface area contributed by atoms with Crippen LogP contribution in [0.5, 0.6) is 0 Å². The van der Waals surface area contributed by atoms with Gasteiger partial charge in [-0.05, 0) is 19.1 Å². The highest BCUT2D eigenvalue weighted by atomic mass is 16.5. The fourth-order valence-corrected chi connectivity index (χ4v) is 1.76. The first kappa shape index (κ1) is 11.6. The minimum Gasteiger partial charge on any atom is -0.468 e. The van der Waals surface area contributed by atoms with Gasteiger partial charge in [-0.3, -0.25) is 4.79 Å². The summed E-state index contributed by atoms with van der Waals surface area (Å²) < 4.78 is 6.59. The zero-order valence-corrected chi connectivity index (χ0v) is 9.88. The van der Waals surface area contributed by atoms with E-state index in [0.717, 1.165) is 11.3 Å². The van der Waals surface area contributed by atoms with E-state index in [9.17, 15) is 4.79 Å². The smallest absolute Gasteiger partial charge is 0.326 e. The molecule has 0 aliphatic rings. The molecule has 0 bridgehead atoms. The number of imidazole rings is 1. The Balaban J connectivity index is 2.33. The van der Waals surface area contributed by atoms with Crippen LogP contribution in [0.1, 0.15) is 12.7 Å². The van der Waals surface area contributed by atoms with E-state index < -0.39 is 11.5 Å². The van der Waals surface area contributed by atoms with Crippen molar-refractivity contribution in [1.29, 1.82) is 0 Å². The molecule has 90 valence electrons. The van der Waals surface area contributed by atoms with Crippen LogP contribution in [-0.2, 0) is 16.0 Å². The maximum atomic E-state index is 11.5. The molecule has 17 heavy (non-hydrogen) atoms. The Labute approximate surface area is 99.2 Å². The summed E-state index contributed by atoms with van der Waals surface area (Å²) in [5.41, 5.74) is 5.84. The average Bonchev–Trinajstić information content (AvgIpc) is 2.71. The number of hydrogen-bond donors (Lipinski definition) is 1. The van der Waals surface area contributed by atoms with Gasteiger partial charge in [-0.25, -0.2) is 4.98 Å². The zero-order valence-electron chi connectivity index (χ0n) is 9.88. The molecule has 2 rings (SSSR count). The number of methoxy groups -OCH3 is 1. The quantitative estimate of drug-likeness (QED) is 0.795. The molecule has 5 heteroatoms. The van der Waals surface area contributed by atoms with Crippen molar-refractivity contribution in [3.8, 4) is 0 Å². The van der Waals surface area contributed by atoms with Gasteiger partial charge in [-0.15, -0.1) is 0 Å². The second-order valence-electron chi connectivity index (χ2n) is 4.26. The summed E-state index contributed by atoms with van der Waals surface area (Å²) in [7, 11) is 1.33. The van der Waals surface area contributed by atoms with Crippen LogP contribution < -0.4 is 5.73 Å². The molecule has 0 fully saturated rings. The fraction of sp³-hybridized carbons (Fsp3) is 0.333. The highest BCUT2D eigenvalue weighted by molar-refractivity contribution is 5.80. The van der Waals surface area contributed by atoms with Crippen LogP contribution in [-0.4, -0.2) is 28.0 Å². The van der Waals surface area contributed by atoms with Crippen molar-refractivity contribution >= 4 is 11.5 Å². The van der Waals surface area contributed by atoms with Gasteiger partial charge >= 0.3 is 5.97 Å². The standard InChI is InChI=1S/C12H15N3O2/c1-12(13,11(16)17-2)7-10-14-8-9-5-3-4-6-15(9)10/h3-6,8H,7,13H2,1-2H3/t12-/m0/s1. The number of nitrogens with two attached hydrogens (primary N) is 1. The average molecular weight is 233 g/mol. The number of ether oxygens (including phenoxy) is 1. The van der Waals surface area contributed by atoms with E-state index >= 15 is 0 Å². The molecule has 0 spiro atoms. The molecule has 0 saturated heterocycles. The number of aromatic nitrogens is 2. The number of fused-ring (bicyclic) bond motifs is 1. The maximum Gasteiger partial charge on any atom is 0.326 e. The van der Waals surface area contributed by atoms with Crippen molar-refractivity contribution < 1.29 is 9.53 Å². The van der Waals surface area contributed by atoms with Crippen LogP contribution in [0.2, 0.25) is 0 Å². The number of rotatable bonds is 3. The summed E-state index contributed by atoms with van der Waals surface area (Å²) in [6.07, 6.45) is 3.98. The topological polar surface area (TPSA) is 69.6 Å². The minimum atomic E-state index is -1.06. The molecule has 5 nitrogen and oxygen atoms in total. The highest BCUT2D eigenvalue weighted by Gasteiger charge is 2.31. The van der Waals surface area contributed by atoms with Crippen molar-refractivity contribution in [3.63, 3.8) is 0 Å². The number of esters is 1. The third kappa shape index (κ3) is 2.14. The van der Waals surface area contributed by atoms with Gasteiger partial charge in [0.25, 0.3) is 0 Å². The molecule has 1 atom stereocenters. The lowest BCUT2D eigenvalue weighted by molar-refractivity contribution is -0.146. The Hall–Kier alpha value is -1.88. The SMILES string of the molecule is COC(=O)[C@@](C)(N)Cc1ncc2ccccn12. The molecule has 2 aromatic rings. The van der Waals surface area contributed by atoms with E-state index in [1.165, 1.54) is 7.11 Å². The molecule has 0 saturated carbocycles. The Kier molecular flexibility index (Phi) is 2.85. The molecule has 0 aliphatic heterocycles. The van der Waals surface area contributed by atoms with Crippen LogP contribution in [0.3, 0.4) is 0 Å². The van der Waals surface area contributed by atoms with Crippen LogP contribution in [0.15, 0.2) is 30.6 Å². The predicted octanol–water partition coefficient (Wildman–Crippen LogP) is 0.767. The summed E-state index contributed by atoms with van der Waals surface area (Å²) in [6.45, 7) is 1.64. The van der Waals surface area contributed by atoms with Crippen molar-refractivity contribution in [2.24, 2.45) is 5.73 Å². The third-order valence-corrected chi connectivity index (χ3v) is 2.69. The van der Waals surface area contributed by atoms with Gasteiger partial charge in [0, 0.05) is 12.6 Å². The highest BCUT2D eigenvalue weighted by Crippen LogP contribution is 2.13. The molecule has 0 radical (unpaired) electrons. The Morgan fingerprint density at radius 2 is 2.35 bits per heavy atom. The zero-order chi connectivity index (χ0) is 12.5. The van der Waals surface area contributed by atoms with Crippen LogP contribution in [0.25, 0.3) is 5.52 Å². The van der Waals surface area contributed by atoms with Crippen molar-refractivity contribution in [1.82, 2.24) is 9.38 Å². The number of pyridine rings is 1. The van der Waals surface area contributed by atoms with E-state index in [-0.39, 0.29) is 0 Å². The van der Waals surface area contributed by atoms with Gasteiger partial charge in [0.1, 0.15) is 11.4 Å². The third-order valence-electron chi connectivity index (χ3n) is 2.69. The van der Waals surface area contributed by atoms with E-state index in [1.807, 2.05) is 28.8 Å². The lowest BCUT2D eigenvalue weighted by Crippen LogP contribution is -2.48. The molecule has 0 unspecified atom stereocenters. The predicted molar refractivity (Wildman–Crippen MR) is 63.5 cm³/mol. The second-order valence-corrected chi connectivity index (χ2v) is 4.26. The summed E-state index contributed by atoms with van der Waals surface area (Å²) in [5.74, 6) is 0.307. The van der Waals surface area contributed by atoms with E-state index in [2.05, 4.69) is 9.72 Å². The summed E-state index contributed by atoms with van der Waals surface area (Å²) in [4.78, 5) is 15.8. The van der Waals surface area contributed by atoms with Crippen molar-refractivity contribution in [2.45, 2.75) is 18.9 Å².